The molecule has 0 fully saturated rings. The Morgan fingerprint density at radius 2 is 1.90 bits per heavy atom. The first-order valence-electron chi connectivity index (χ1n) is 6.64. The Bertz CT molecular complexity index is 582. The molecule has 118 valence electrons. The average Bonchev–Trinajstić information content (AvgIpc) is 2.44. The fourth-order valence-corrected chi connectivity index (χ4v) is 3.51. The highest BCUT2D eigenvalue weighted by Gasteiger charge is 2.40. The molecule has 0 heterocycles. The second-order valence-electron chi connectivity index (χ2n) is 4.94. The highest BCUT2D eigenvalue weighted by molar-refractivity contribution is 7.89. The van der Waals surface area contributed by atoms with Gasteiger partial charge in [-0.2, -0.15) is 4.72 Å². The molecule has 6 nitrogen and oxygen atoms in total. The van der Waals surface area contributed by atoms with E-state index in [0.717, 1.165) is 6.42 Å². The number of benzene rings is 1. The van der Waals surface area contributed by atoms with Crippen LogP contribution in [0.1, 0.15) is 32.3 Å². The Labute approximate surface area is 125 Å². The van der Waals surface area contributed by atoms with E-state index in [1.807, 2.05) is 6.92 Å². The third-order valence-electron chi connectivity index (χ3n) is 3.16. The van der Waals surface area contributed by atoms with Crippen LogP contribution in [0, 0.1) is 0 Å². The normalized spacial score (nSPS) is 14.4. The van der Waals surface area contributed by atoms with Crippen LogP contribution in [0.3, 0.4) is 0 Å². The summed E-state index contributed by atoms with van der Waals surface area (Å²) in [6.45, 7) is 3.32. The summed E-state index contributed by atoms with van der Waals surface area (Å²) >= 11 is 0. The molecule has 0 saturated heterocycles. The number of nitrogens with one attached hydrogen (secondary N) is 1. The molecule has 7 heteroatoms. The monoisotopic (exact) mass is 315 g/mol. The Kier molecular flexibility index (Phi) is 5.74. The number of sulfonamides is 1. The van der Waals surface area contributed by atoms with Crippen LogP contribution in [-0.4, -0.2) is 32.4 Å². The van der Waals surface area contributed by atoms with Crippen LogP contribution >= 0.6 is 0 Å². The van der Waals surface area contributed by atoms with E-state index in [0.29, 0.717) is 12.0 Å². The van der Waals surface area contributed by atoms with Gasteiger partial charge in [0.15, 0.2) is 5.54 Å². The van der Waals surface area contributed by atoms with Crippen molar-refractivity contribution in [3.05, 3.63) is 29.8 Å². The molecule has 1 aromatic rings. The Morgan fingerprint density at radius 3 is 2.38 bits per heavy atom. The second-order valence-corrected chi connectivity index (χ2v) is 6.78. The Balaban J connectivity index is 3.16. The van der Waals surface area contributed by atoms with Gasteiger partial charge in [-0.25, -0.2) is 13.2 Å². The molecule has 0 bridgehead atoms. The molecule has 2 N–H and O–H groups in total. The van der Waals surface area contributed by atoms with Gasteiger partial charge >= 0.3 is 5.97 Å². The third kappa shape index (κ3) is 4.44. The maximum atomic E-state index is 12.1. The molecule has 1 aromatic carbocycles. The largest absolute Gasteiger partial charge is 0.508 e. The summed E-state index contributed by atoms with van der Waals surface area (Å²) in [7, 11) is -2.43. The number of hydrogen-bond donors (Lipinski definition) is 2. The van der Waals surface area contributed by atoms with E-state index in [1.54, 1.807) is 0 Å². The SMILES string of the molecule is CCCCS(=O)(=O)NC(C)(C(=O)OC)c1ccc(O)cc1. The molecule has 0 aliphatic rings. The van der Waals surface area contributed by atoms with E-state index in [2.05, 4.69) is 4.72 Å². The van der Waals surface area contributed by atoms with Crippen LogP contribution in [0.2, 0.25) is 0 Å². The standard InChI is InChI=1S/C14H21NO5S/c1-4-5-10-21(18,19)15-14(2,13(17)20-3)11-6-8-12(16)9-7-11/h6-9,15-16H,4-5,10H2,1-3H3. The first-order valence-corrected chi connectivity index (χ1v) is 8.30. The minimum Gasteiger partial charge on any atom is -0.508 e. The van der Waals surface area contributed by atoms with Gasteiger partial charge < -0.3 is 9.84 Å². The van der Waals surface area contributed by atoms with E-state index >= 15 is 0 Å². The summed E-state index contributed by atoms with van der Waals surface area (Å²) in [5, 5.41) is 9.31. The summed E-state index contributed by atoms with van der Waals surface area (Å²) in [6, 6.07) is 5.73. The number of unbranched alkanes of at least 4 members (excludes halogenated alkanes) is 1. The fraction of sp³-hybridized carbons (Fsp3) is 0.500. The van der Waals surface area contributed by atoms with Crippen LogP contribution in [-0.2, 0) is 25.1 Å². The van der Waals surface area contributed by atoms with Crippen molar-refractivity contribution in [2.24, 2.45) is 0 Å². The van der Waals surface area contributed by atoms with E-state index in [4.69, 9.17) is 4.74 Å². The minimum atomic E-state index is -3.63. The predicted octanol–water partition coefficient (Wildman–Crippen LogP) is 1.50. The number of hydrogen-bond acceptors (Lipinski definition) is 5. The van der Waals surface area contributed by atoms with Gasteiger partial charge in [0.2, 0.25) is 10.0 Å². The quantitative estimate of drug-likeness (QED) is 0.744. The van der Waals surface area contributed by atoms with Crippen LogP contribution in [0.4, 0.5) is 0 Å². The highest BCUT2D eigenvalue weighted by Crippen LogP contribution is 2.25. The lowest BCUT2D eigenvalue weighted by Crippen LogP contribution is -2.50. The van der Waals surface area contributed by atoms with Crippen molar-refractivity contribution in [3.8, 4) is 5.75 Å². The molecular formula is C14H21NO5S. The molecule has 1 rings (SSSR count). The van der Waals surface area contributed by atoms with Gasteiger partial charge in [-0.1, -0.05) is 25.5 Å². The van der Waals surface area contributed by atoms with Crippen LogP contribution in [0.15, 0.2) is 24.3 Å². The zero-order valence-electron chi connectivity index (χ0n) is 12.4. The molecule has 0 saturated carbocycles. The number of aromatic hydroxyl groups is 1. The van der Waals surface area contributed by atoms with E-state index in [1.165, 1.54) is 38.3 Å². The first kappa shape index (κ1) is 17.5. The summed E-state index contributed by atoms with van der Waals surface area (Å²) in [4.78, 5) is 12.1. The minimum absolute atomic E-state index is 0.0276. The van der Waals surface area contributed by atoms with Gasteiger partial charge in [0.1, 0.15) is 5.75 Å². The Hall–Kier alpha value is -1.60. The number of phenolic OH excluding ortho intramolecular Hbond substituents is 1. The zero-order chi connectivity index (χ0) is 16.1. The Morgan fingerprint density at radius 1 is 1.33 bits per heavy atom. The van der Waals surface area contributed by atoms with Gasteiger partial charge in [0.05, 0.1) is 12.9 Å². The lowest BCUT2D eigenvalue weighted by Gasteiger charge is -2.28. The van der Waals surface area contributed by atoms with Crippen molar-refractivity contribution in [3.63, 3.8) is 0 Å². The summed E-state index contributed by atoms with van der Waals surface area (Å²) in [5.41, 5.74) is -1.14. The van der Waals surface area contributed by atoms with Crippen molar-refractivity contribution in [1.82, 2.24) is 4.72 Å². The van der Waals surface area contributed by atoms with E-state index < -0.39 is 21.5 Å². The highest BCUT2D eigenvalue weighted by atomic mass is 32.2. The van der Waals surface area contributed by atoms with Crippen LogP contribution < -0.4 is 4.72 Å². The molecule has 0 aliphatic carbocycles. The fourth-order valence-electron chi connectivity index (χ4n) is 1.91. The van der Waals surface area contributed by atoms with Crippen molar-refractivity contribution in [1.29, 1.82) is 0 Å². The van der Waals surface area contributed by atoms with Gasteiger partial charge in [-0.3, -0.25) is 0 Å². The summed E-state index contributed by atoms with van der Waals surface area (Å²) in [5.74, 6) is -0.748. The van der Waals surface area contributed by atoms with Crippen molar-refractivity contribution >= 4 is 16.0 Å². The third-order valence-corrected chi connectivity index (χ3v) is 4.71. The van der Waals surface area contributed by atoms with Gasteiger partial charge in [-0.05, 0) is 31.0 Å². The maximum absolute atomic E-state index is 12.1. The van der Waals surface area contributed by atoms with Gasteiger partial charge in [0.25, 0.3) is 0 Å². The van der Waals surface area contributed by atoms with E-state index in [9.17, 15) is 18.3 Å². The van der Waals surface area contributed by atoms with Crippen LogP contribution in [0.25, 0.3) is 0 Å². The lowest BCUT2D eigenvalue weighted by atomic mass is 9.93. The second kappa shape index (κ2) is 6.91. The van der Waals surface area contributed by atoms with Gasteiger partial charge in [0, 0.05) is 0 Å². The van der Waals surface area contributed by atoms with Crippen molar-refractivity contribution < 1.29 is 23.1 Å². The zero-order valence-corrected chi connectivity index (χ0v) is 13.2. The van der Waals surface area contributed by atoms with Crippen molar-refractivity contribution in [2.45, 2.75) is 32.2 Å². The van der Waals surface area contributed by atoms with Crippen molar-refractivity contribution in [2.75, 3.05) is 12.9 Å². The van der Waals surface area contributed by atoms with E-state index in [-0.39, 0.29) is 11.5 Å². The smallest absolute Gasteiger partial charge is 0.331 e. The molecule has 0 amide bonds. The first-order chi connectivity index (χ1) is 9.75. The summed E-state index contributed by atoms with van der Waals surface area (Å²) in [6.07, 6.45) is 1.23. The lowest BCUT2D eigenvalue weighted by molar-refractivity contribution is -0.147. The van der Waals surface area contributed by atoms with Crippen LogP contribution in [0.5, 0.6) is 5.75 Å². The van der Waals surface area contributed by atoms with Gasteiger partial charge in [-0.15, -0.1) is 0 Å². The molecule has 0 aromatic heterocycles. The molecule has 0 aliphatic heterocycles. The number of rotatable bonds is 7. The molecular weight excluding hydrogens is 294 g/mol. The number of carbonyl (C=O) groups is 1. The molecule has 1 atom stereocenters. The summed E-state index contributed by atoms with van der Waals surface area (Å²) < 4.78 is 31.3. The topological polar surface area (TPSA) is 92.7 Å². The molecule has 0 spiro atoms. The maximum Gasteiger partial charge on any atom is 0.331 e. The number of esters is 1. The number of methoxy groups -OCH3 is 1. The number of phenols is 1. The average molecular weight is 315 g/mol. The predicted molar refractivity (Wildman–Crippen MR) is 79.3 cm³/mol. The molecule has 21 heavy (non-hydrogen) atoms. The number of ether oxygens (including phenoxy) is 1. The number of carbonyl (C=O) groups excluding carboxylic acids is 1. The molecule has 0 radical (unpaired) electrons. The molecule has 1 unspecified atom stereocenters.